The number of piperidine rings is 1. The number of hydrogen-bond donors (Lipinski definition) is 1. The minimum absolute atomic E-state index is 0.0521. The molecule has 26 heavy (non-hydrogen) atoms. The van der Waals surface area contributed by atoms with Gasteiger partial charge < -0.3 is 14.6 Å². The predicted molar refractivity (Wildman–Crippen MR) is 98.4 cm³/mol. The van der Waals surface area contributed by atoms with E-state index >= 15 is 0 Å². The average molecular weight is 350 g/mol. The van der Waals surface area contributed by atoms with E-state index in [9.17, 15) is 9.90 Å². The van der Waals surface area contributed by atoms with Crippen molar-refractivity contribution in [2.24, 2.45) is 0 Å². The summed E-state index contributed by atoms with van der Waals surface area (Å²) in [7, 11) is 0. The van der Waals surface area contributed by atoms with E-state index in [-0.39, 0.29) is 11.9 Å². The van der Waals surface area contributed by atoms with E-state index in [4.69, 9.17) is 0 Å². The molecule has 0 bridgehead atoms. The van der Waals surface area contributed by atoms with Crippen LogP contribution in [0.2, 0.25) is 0 Å². The first-order valence-electron chi connectivity index (χ1n) is 8.93. The Morgan fingerprint density at radius 1 is 1.12 bits per heavy atom. The number of aliphatic hydroxyl groups is 1. The number of likely N-dealkylation sites (tertiary alicyclic amines) is 1. The standard InChI is InChI=1S/C20H22N4O2/c1-15(24-14-22-16-6-2-3-7-17(16)24)19(25)23-12-9-20(26,10-13-23)18-8-4-5-11-21-18/h2-8,11,14-15,26H,9-10,12-13H2,1H3/t15-/m0/s1. The van der Waals surface area contributed by atoms with Gasteiger partial charge in [-0.25, -0.2) is 4.98 Å². The molecule has 6 nitrogen and oxygen atoms in total. The second kappa shape index (κ2) is 6.53. The lowest BCUT2D eigenvalue weighted by atomic mass is 9.87. The highest BCUT2D eigenvalue weighted by atomic mass is 16.3. The first-order chi connectivity index (χ1) is 12.6. The Balaban J connectivity index is 1.48. The number of nitrogens with zero attached hydrogens (tertiary/aromatic N) is 4. The zero-order chi connectivity index (χ0) is 18.1. The molecule has 0 aliphatic carbocycles. The third kappa shape index (κ3) is 2.86. The Labute approximate surface area is 152 Å². The zero-order valence-electron chi connectivity index (χ0n) is 14.7. The molecule has 0 spiro atoms. The van der Waals surface area contributed by atoms with Crippen LogP contribution in [0.25, 0.3) is 11.0 Å². The summed E-state index contributed by atoms with van der Waals surface area (Å²) in [5.74, 6) is 0.0521. The number of carbonyl (C=O) groups excluding carboxylic acids is 1. The number of rotatable bonds is 3. The van der Waals surface area contributed by atoms with Crippen LogP contribution in [0.3, 0.4) is 0 Å². The molecular weight excluding hydrogens is 328 g/mol. The van der Waals surface area contributed by atoms with Crippen LogP contribution in [0, 0.1) is 0 Å². The quantitative estimate of drug-likeness (QED) is 0.788. The number of benzene rings is 1. The van der Waals surface area contributed by atoms with Gasteiger partial charge in [0.25, 0.3) is 0 Å². The fourth-order valence-electron chi connectivity index (χ4n) is 3.66. The molecule has 1 fully saturated rings. The minimum Gasteiger partial charge on any atom is -0.383 e. The molecule has 3 heterocycles. The molecule has 0 radical (unpaired) electrons. The summed E-state index contributed by atoms with van der Waals surface area (Å²) >= 11 is 0. The van der Waals surface area contributed by atoms with Crippen molar-refractivity contribution >= 4 is 16.9 Å². The zero-order valence-corrected chi connectivity index (χ0v) is 14.7. The SMILES string of the molecule is C[C@@H](C(=O)N1CCC(O)(c2ccccn2)CC1)n1cnc2ccccc21. The van der Waals surface area contributed by atoms with Crippen molar-refractivity contribution in [2.45, 2.75) is 31.4 Å². The molecule has 0 saturated carbocycles. The first kappa shape index (κ1) is 16.7. The number of hydrogen-bond acceptors (Lipinski definition) is 4. The fourth-order valence-corrected chi connectivity index (χ4v) is 3.66. The summed E-state index contributed by atoms with van der Waals surface area (Å²) in [6.45, 7) is 2.93. The Bertz CT molecular complexity index is 914. The number of imidazole rings is 1. The van der Waals surface area contributed by atoms with Crippen molar-refractivity contribution in [2.75, 3.05) is 13.1 Å². The third-order valence-corrected chi connectivity index (χ3v) is 5.30. The van der Waals surface area contributed by atoms with Crippen LogP contribution in [0.5, 0.6) is 0 Å². The molecule has 2 aromatic heterocycles. The number of aromatic nitrogens is 3. The highest BCUT2D eigenvalue weighted by Gasteiger charge is 2.37. The molecule has 1 amide bonds. The fraction of sp³-hybridized carbons (Fsp3) is 0.350. The van der Waals surface area contributed by atoms with Crippen LogP contribution in [-0.4, -0.2) is 43.5 Å². The van der Waals surface area contributed by atoms with Crippen molar-refractivity contribution in [1.29, 1.82) is 0 Å². The smallest absolute Gasteiger partial charge is 0.245 e. The largest absolute Gasteiger partial charge is 0.383 e. The number of para-hydroxylation sites is 2. The Morgan fingerprint density at radius 3 is 2.58 bits per heavy atom. The van der Waals surface area contributed by atoms with Gasteiger partial charge >= 0.3 is 0 Å². The monoisotopic (exact) mass is 350 g/mol. The highest BCUT2D eigenvalue weighted by Crippen LogP contribution is 2.32. The molecule has 1 atom stereocenters. The van der Waals surface area contributed by atoms with Crippen LogP contribution >= 0.6 is 0 Å². The molecule has 1 aliphatic heterocycles. The van der Waals surface area contributed by atoms with Gasteiger partial charge in [-0.3, -0.25) is 9.78 Å². The van der Waals surface area contributed by atoms with Gasteiger partial charge in [-0.05, 0) is 44.0 Å². The topological polar surface area (TPSA) is 71.2 Å². The number of pyridine rings is 1. The van der Waals surface area contributed by atoms with Crippen molar-refractivity contribution in [3.8, 4) is 0 Å². The van der Waals surface area contributed by atoms with Crippen LogP contribution < -0.4 is 0 Å². The summed E-state index contributed by atoms with van der Waals surface area (Å²) in [5, 5.41) is 10.9. The van der Waals surface area contributed by atoms with Gasteiger partial charge in [0, 0.05) is 19.3 Å². The van der Waals surface area contributed by atoms with Crippen molar-refractivity contribution in [3.05, 3.63) is 60.7 Å². The Morgan fingerprint density at radius 2 is 1.85 bits per heavy atom. The number of carbonyl (C=O) groups is 1. The Kier molecular flexibility index (Phi) is 4.20. The van der Waals surface area contributed by atoms with Gasteiger partial charge in [-0.1, -0.05) is 18.2 Å². The van der Waals surface area contributed by atoms with Crippen LogP contribution in [0.1, 0.15) is 31.5 Å². The van der Waals surface area contributed by atoms with Crippen molar-refractivity contribution < 1.29 is 9.90 Å². The van der Waals surface area contributed by atoms with E-state index in [2.05, 4.69) is 9.97 Å². The average Bonchev–Trinajstić information content (AvgIpc) is 3.12. The maximum absolute atomic E-state index is 13.0. The van der Waals surface area contributed by atoms with Gasteiger partial charge in [0.15, 0.2) is 0 Å². The lowest BCUT2D eigenvalue weighted by Crippen LogP contribution is -2.47. The predicted octanol–water partition coefficient (Wildman–Crippen LogP) is 2.50. The molecule has 1 aromatic carbocycles. The lowest BCUT2D eigenvalue weighted by Gasteiger charge is -2.38. The summed E-state index contributed by atoms with van der Waals surface area (Å²) in [6, 6.07) is 13.0. The van der Waals surface area contributed by atoms with Gasteiger partial charge in [0.1, 0.15) is 11.6 Å². The number of fused-ring (bicyclic) bond motifs is 1. The van der Waals surface area contributed by atoms with E-state index in [0.717, 1.165) is 11.0 Å². The molecular formula is C20H22N4O2. The molecule has 1 N–H and O–H groups in total. The molecule has 0 unspecified atom stereocenters. The maximum Gasteiger partial charge on any atom is 0.245 e. The summed E-state index contributed by atoms with van der Waals surface area (Å²) in [5.41, 5.74) is 1.56. The van der Waals surface area contributed by atoms with E-state index in [1.165, 1.54) is 0 Å². The molecule has 3 aromatic rings. The summed E-state index contributed by atoms with van der Waals surface area (Å²) < 4.78 is 1.91. The van der Waals surface area contributed by atoms with E-state index in [1.807, 2.05) is 58.9 Å². The minimum atomic E-state index is -0.955. The molecule has 4 rings (SSSR count). The Hall–Kier alpha value is -2.73. The van der Waals surface area contributed by atoms with Gasteiger partial charge in [-0.2, -0.15) is 0 Å². The van der Waals surface area contributed by atoms with Gasteiger partial charge in [0.2, 0.25) is 5.91 Å². The number of amides is 1. The molecule has 1 aliphatic rings. The third-order valence-electron chi connectivity index (χ3n) is 5.30. The van der Waals surface area contributed by atoms with E-state index < -0.39 is 5.60 Å². The van der Waals surface area contributed by atoms with E-state index in [1.54, 1.807) is 12.5 Å². The first-order valence-corrected chi connectivity index (χ1v) is 8.93. The molecule has 134 valence electrons. The van der Waals surface area contributed by atoms with Gasteiger partial charge in [0.05, 0.1) is 23.1 Å². The van der Waals surface area contributed by atoms with Crippen molar-refractivity contribution in [1.82, 2.24) is 19.4 Å². The summed E-state index contributed by atoms with van der Waals surface area (Å²) in [6.07, 6.45) is 4.40. The lowest BCUT2D eigenvalue weighted by molar-refractivity contribution is -0.138. The van der Waals surface area contributed by atoms with Gasteiger partial charge in [-0.15, -0.1) is 0 Å². The molecule has 6 heteroatoms. The second-order valence-corrected chi connectivity index (χ2v) is 6.89. The molecule has 1 saturated heterocycles. The normalized spacial score (nSPS) is 18.0. The second-order valence-electron chi connectivity index (χ2n) is 6.89. The van der Waals surface area contributed by atoms with Crippen LogP contribution in [0.15, 0.2) is 55.0 Å². The van der Waals surface area contributed by atoms with E-state index in [0.29, 0.717) is 31.6 Å². The summed E-state index contributed by atoms with van der Waals surface area (Å²) in [4.78, 5) is 23.5. The van der Waals surface area contributed by atoms with Crippen molar-refractivity contribution in [3.63, 3.8) is 0 Å². The maximum atomic E-state index is 13.0. The van der Waals surface area contributed by atoms with Crippen LogP contribution in [-0.2, 0) is 10.4 Å². The highest BCUT2D eigenvalue weighted by molar-refractivity contribution is 5.83. The van der Waals surface area contributed by atoms with Crippen LogP contribution in [0.4, 0.5) is 0 Å².